The molecular formula is C13H18ClN3O3. The number of rotatable bonds is 5. The van der Waals surface area contributed by atoms with Crippen molar-refractivity contribution in [3.05, 3.63) is 22.5 Å². The molecule has 1 rings (SSSR count). The van der Waals surface area contributed by atoms with Crippen LogP contribution in [-0.4, -0.2) is 32.3 Å². The van der Waals surface area contributed by atoms with Crippen LogP contribution in [0.25, 0.3) is 6.08 Å². The highest BCUT2D eigenvalue weighted by atomic mass is 35.5. The topological polar surface area (TPSA) is 84.2 Å². The van der Waals surface area contributed by atoms with Gasteiger partial charge in [0.2, 0.25) is 5.91 Å². The first-order chi connectivity index (χ1) is 9.12. The Morgan fingerprint density at radius 2 is 2.10 bits per heavy atom. The van der Waals surface area contributed by atoms with Crippen molar-refractivity contribution in [3.63, 3.8) is 0 Å². The van der Waals surface area contributed by atoms with Crippen LogP contribution in [0.3, 0.4) is 0 Å². The summed E-state index contributed by atoms with van der Waals surface area (Å²) in [6.45, 7) is 5.09. The predicted molar refractivity (Wildman–Crippen MR) is 76.5 cm³/mol. The maximum Gasteiger partial charge on any atom is 0.305 e. The zero-order valence-corrected chi connectivity index (χ0v) is 12.7. The van der Waals surface area contributed by atoms with Crippen LogP contribution >= 0.6 is 11.6 Å². The Bertz CT molecular complexity index is 561. The average Bonchev–Trinajstić information content (AvgIpc) is 2.48. The van der Waals surface area contributed by atoms with Crippen LogP contribution in [-0.2, 0) is 16.6 Å². The van der Waals surface area contributed by atoms with Gasteiger partial charge in [0.1, 0.15) is 5.15 Å². The zero-order chi connectivity index (χ0) is 15.5. The van der Waals surface area contributed by atoms with Gasteiger partial charge >= 0.3 is 5.97 Å². The molecule has 0 saturated heterocycles. The van der Waals surface area contributed by atoms with Gasteiger partial charge in [-0.3, -0.25) is 14.3 Å². The smallest absolute Gasteiger partial charge is 0.305 e. The molecule has 0 bridgehead atoms. The van der Waals surface area contributed by atoms with Gasteiger partial charge in [-0.1, -0.05) is 11.6 Å². The Morgan fingerprint density at radius 3 is 2.55 bits per heavy atom. The number of nitrogens with one attached hydrogen (secondary N) is 1. The molecule has 0 spiro atoms. The monoisotopic (exact) mass is 299 g/mol. The lowest BCUT2D eigenvalue weighted by molar-refractivity contribution is -0.138. The highest BCUT2D eigenvalue weighted by molar-refractivity contribution is 6.31. The second-order valence-electron chi connectivity index (χ2n) is 5.19. The minimum atomic E-state index is -0.967. The number of hydrogen-bond acceptors (Lipinski definition) is 3. The van der Waals surface area contributed by atoms with E-state index in [9.17, 15) is 9.59 Å². The third-order valence-corrected chi connectivity index (χ3v) is 3.10. The summed E-state index contributed by atoms with van der Waals surface area (Å²) in [6.07, 6.45) is 2.73. The van der Waals surface area contributed by atoms with E-state index in [0.29, 0.717) is 16.4 Å². The number of amides is 1. The van der Waals surface area contributed by atoms with E-state index in [1.807, 2.05) is 0 Å². The standard InChI is InChI=1S/C13H18ClN3O3/c1-8-9(12(14)17(4)16-8)5-6-10(18)15-13(2,3)7-11(19)20/h5-6H,7H2,1-4H3,(H,15,18)(H,19,20). The molecule has 0 aliphatic heterocycles. The lowest BCUT2D eigenvalue weighted by Gasteiger charge is -2.23. The van der Waals surface area contributed by atoms with Crippen LogP contribution in [0.1, 0.15) is 31.5 Å². The molecule has 20 heavy (non-hydrogen) atoms. The third-order valence-electron chi connectivity index (χ3n) is 2.65. The number of carboxylic acid groups (broad SMARTS) is 1. The first-order valence-electron chi connectivity index (χ1n) is 6.03. The molecule has 1 heterocycles. The van der Waals surface area contributed by atoms with E-state index >= 15 is 0 Å². The maximum atomic E-state index is 11.8. The van der Waals surface area contributed by atoms with Gasteiger partial charge in [0.05, 0.1) is 12.1 Å². The highest BCUT2D eigenvalue weighted by Crippen LogP contribution is 2.20. The van der Waals surface area contributed by atoms with Crippen molar-refractivity contribution in [1.29, 1.82) is 0 Å². The quantitative estimate of drug-likeness (QED) is 0.812. The minimum absolute atomic E-state index is 0.154. The summed E-state index contributed by atoms with van der Waals surface area (Å²) in [5.74, 6) is -1.35. The van der Waals surface area contributed by atoms with Crippen LogP contribution in [0.5, 0.6) is 0 Å². The van der Waals surface area contributed by atoms with E-state index in [-0.39, 0.29) is 12.3 Å². The molecule has 1 amide bonds. The Balaban J connectivity index is 2.76. The van der Waals surface area contributed by atoms with E-state index in [4.69, 9.17) is 16.7 Å². The van der Waals surface area contributed by atoms with Crippen molar-refractivity contribution >= 4 is 29.6 Å². The largest absolute Gasteiger partial charge is 0.481 e. The number of carbonyl (C=O) groups is 2. The molecule has 0 aromatic carbocycles. The second-order valence-corrected chi connectivity index (χ2v) is 5.55. The zero-order valence-electron chi connectivity index (χ0n) is 11.9. The number of halogens is 1. The molecule has 0 radical (unpaired) electrons. The fraction of sp³-hybridized carbons (Fsp3) is 0.462. The normalized spacial score (nSPS) is 11.8. The molecule has 0 saturated carbocycles. The third kappa shape index (κ3) is 4.38. The number of aryl methyl sites for hydroxylation is 2. The van der Waals surface area contributed by atoms with Crippen molar-refractivity contribution in [2.75, 3.05) is 0 Å². The maximum absolute atomic E-state index is 11.8. The Kier molecular flexibility index (Phi) is 4.94. The molecule has 0 aliphatic carbocycles. The van der Waals surface area contributed by atoms with Crippen LogP contribution in [0.2, 0.25) is 5.15 Å². The number of aliphatic carboxylic acids is 1. The van der Waals surface area contributed by atoms with Gasteiger partial charge in [-0.2, -0.15) is 5.10 Å². The molecule has 110 valence electrons. The van der Waals surface area contributed by atoms with Crippen molar-refractivity contribution < 1.29 is 14.7 Å². The Morgan fingerprint density at radius 1 is 1.50 bits per heavy atom. The molecule has 0 aliphatic rings. The number of carboxylic acids is 1. The van der Waals surface area contributed by atoms with Crippen molar-refractivity contribution in [2.24, 2.45) is 7.05 Å². The lowest BCUT2D eigenvalue weighted by atomic mass is 10.0. The van der Waals surface area contributed by atoms with Crippen LogP contribution in [0.15, 0.2) is 6.08 Å². The number of aromatic nitrogens is 2. The molecule has 7 heteroatoms. The second kappa shape index (κ2) is 6.09. The van der Waals surface area contributed by atoms with E-state index in [1.54, 1.807) is 33.9 Å². The van der Waals surface area contributed by atoms with Gasteiger partial charge in [-0.15, -0.1) is 0 Å². The fourth-order valence-corrected chi connectivity index (χ4v) is 2.03. The molecule has 1 aromatic rings. The van der Waals surface area contributed by atoms with E-state index in [0.717, 1.165) is 0 Å². The molecule has 0 fully saturated rings. The summed E-state index contributed by atoms with van der Waals surface area (Å²) in [5, 5.41) is 15.9. The van der Waals surface area contributed by atoms with E-state index in [1.165, 1.54) is 10.8 Å². The SMILES string of the molecule is Cc1nn(C)c(Cl)c1C=CC(=O)NC(C)(C)CC(=O)O. The molecule has 0 unspecified atom stereocenters. The van der Waals surface area contributed by atoms with Crippen molar-refractivity contribution in [3.8, 4) is 0 Å². The predicted octanol–water partition coefficient (Wildman–Crippen LogP) is 1.76. The summed E-state index contributed by atoms with van der Waals surface area (Å²) in [6, 6.07) is 0. The van der Waals surface area contributed by atoms with Gasteiger partial charge < -0.3 is 10.4 Å². The van der Waals surface area contributed by atoms with Crippen LogP contribution in [0, 0.1) is 6.92 Å². The molecular weight excluding hydrogens is 282 g/mol. The Hall–Kier alpha value is -1.82. The number of carbonyl (C=O) groups excluding carboxylic acids is 1. The van der Waals surface area contributed by atoms with E-state index < -0.39 is 11.5 Å². The van der Waals surface area contributed by atoms with E-state index in [2.05, 4.69) is 10.4 Å². The van der Waals surface area contributed by atoms with Crippen molar-refractivity contribution in [2.45, 2.75) is 32.7 Å². The number of hydrogen-bond donors (Lipinski definition) is 2. The molecule has 6 nitrogen and oxygen atoms in total. The first kappa shape index (κ1) is 16.2. The first-order valence-corrected chi connectivity index (χ1v) is 6.41. The summed E-state index contributed by atoms with van der Waals surface area (Å²) < 4.78 is 1.52. The van der Waals surface area contributed by atoms with Crippen LogP contribution < -0.4 is 5.32 Å². The molecule has 0 atom stereocenters. The molecule has 1 aromatic heterocycles. The minimum Gasteiger partial charge on any atom is -0.481 e. The summed E-state index contributed by atoms with van der Waals surface area (Å²) in [7, 11) is 1.71. The van der Waals surface area contributed by atoms with Gasteiger partial charge in [0.15, 0.2) is 0 Å². The fourth-order valence-electron chi connectivity index (χ4n) is 1.79. The average molecular weight is 300 g/mol. The number of nitrogens with zero attached hydrogens (tertiary/aromatic N) is 2. The van der Waals surface area contributed by atoms with Crippen molar-refractivity contribution in [1.82, 2.24) is 15.1 Å². The summed E-state index contributed by atoms with van der Waals surface area (Å²) in [5.41, 5.74) is 0.563. The summed E-state index contributed by atoms with van der Waals surface area (Å²) in [4.78, 5) is 22.5. The van der Waals surface area contributed by atoms with Crippen LogP contribution in [0.4, 0.5) is 0 Å². The van der Waals surface area contributed by atoms with Gasteiger partial charge in [-0.25, -0.2) is 0 Å². The highest BCUT2D eigenvalue weighted by Gasteiger charge is 2.22. The van der Waals surface area contributed by atoms with Gasteiger partial charge in [-0.05, 0) is 26.8 Å². The lowest BCUT2D eigenvalue weighted by Crippen LogP contribution is -2.44. The van der Waals surface area contributed by atoms with Gasteiger partial charge in [0, 0.05) is 24.2 Å². The summed E-state index contributed by atoms with van der Waals surface area (Å²) >= 11 is 6.04. The molecule has 2 N–H and O–H groups in total. The Labute approximate surface area is 122 Å². The van der Waals surface area contributed by atoms with Gasteiger partial charge in [0.25, 0.3) is 0 Å².